The van der Waals surface area contributed by atoms with Crippen LogP contribution in [0.4, 0.5) is 17.3 Å². The first-order valence-electron chi connectivity index (χ1n) is 2.90. The van der Waals surface area contributed by atoms with Crippen molar-refractivity contribution < 1.29 is 17.3 Å². The Balaban J connectivity index is 0. The summed E-state index contributed by atoms with van der Waals surface area (Å²) in [5, 5.41) is 0. The number of hydrogen-bond donors (Lipinski definition) is 1. The zero-order valence-electron chi connectivity index (χ0n) is 5.66. The standard InChI is InChI=1S/C4H10S.BF4/c1-2-3-4-5;2-1(3,4)5/h5H,2-4H2,1H3;/q;-1. The summed E-state index contributed by atoms with van der Waals surface area (Å²) >= 11 is 4.00. The highest BCUT2D eigenvalue weighted by atomic mass is 32.1. The lowest BCUT2D eigenvalue weighted by atomic mass is 10.3. The predicted molar refractivity (Wildman–Crippen MR) is 38.9 cm³/mol. The van der Waals surface area contributed by atoms with E-state index in [1.54, 1.807) is 0 Å². The number of thiol groups is 1. The quantitative estimate of drug-likeness (QED) is 0.374. The van der Waals surface area contributed by atoms with E-state index >= 15 is 0 Å². The largest absolute Gasteiger partial charge is 0.673 e. The molecule has 0 unspecified atom stereocenters. The molecule has 0 heterocycles. The van der Waals surface area contributed by atoms with Gasteiger partial charge in [-0.3, -0.25) is 0 Å². The fourth-order valence-corrected chi connectivity index (χ4v) is 0.474. The summed E-state index contributed by atoms with van der Waals surface area (Å²) in [6.07, 6.45) is 2.52. The Morgan fingerprint density at radius 1 is 1.20 bits per heavy atom. The van der Waals surface area contributed by atoms with Gasteiger partial charge < -0.3 is 17.3 Å². The number of hydrogen-bond acceptors (Lipinski definition) is 1. The van der Waals surface area contributed by atoms with Crippen LogP contribution >= 0.6 is 12.6 Å². The van der Waals surface area contributed by atoms with E-state index in [-0.39, 0.29) is 0 Å². The van der Waals surface area contributed by atoms with Gasteiger partial charge in [-0.05, 0) is 12.2 Å². The van der Waals surface area contributed by atoms with Crippen molar-refractivity contribution in [2.45, 2.75) is 19.8 Å². The van der Waals surface area contributed by atoms with E-state index in [1.165, 1.54) is 12.8 Å². The fraction of sp³-hybridized carbons (Fsp3) is 1.00. The van der Waals surface area contributed by atoms with Gasteiger partial charge in [-0.15, -0.1) is 0 Å². The van der Waals surface area contributed by atoms with E-state index in [0.717, 1.165) is 5.75 Å². The third kappa shape index (κ3) is 90.9. The fourth-order valence-electron chi connectivity index (χ4n) is 0.158. The molecule has 10 heavy (non-hydrogen) atoms. The van der Waals surface area contributed by atoms with Gasteiger partial charge in [0, 0.05) is 0 Å². The molecule has 0 radical (unpaired) electrons. The second kappa shape index (κ2) is 7.24. The maximum atomic E-state index is 9.75. The Hall–Kier alpha value is 0.135. The van der Waals surface area contributed by atoms with Crippen LogP contribution < -0.4 is 0 Å². The van der Waals surface area contributed by atoms with Crippen LogP contribution in [0, 0.1) is 0 Å². The molecule has 0 saturated heterocycles. The van der Waals surface area contributed by atoms with Crippen LogP contribution in [-0.4, -0.2) is 13.0 Å². The second-order valence-corrected chi connectivity index (χ2v) is 2.02. The molecule has 0 aromatic rings. The van der Waals surface area contributed by atoms with E-state index < -0.39 is 7.25 Å². The first-order valence-corrected chi connectivity index (χ1v) is 3.53. The monoisotopic (exact) mass is 177 g/mol. The molecule has 0 spiro atoms. The number of rotatable bonds is 2. The molecule has 0 N–H and O–H groups in total. The molecule has 0 aromatic carbocycles. The molecule has 0 saturated carbocycles. The molecule has 0 aromatic heterocycles. The Morgan fingerprint density at radius 2 is 1.50 bits per heavy atom. The predicted octanol–water partition coefficient (Wildman–Crippen LogP) is 3.02. The summed E-state index contributed by atoms with van der Waals surface area (Å²) in [7, 11) is -6.00. The van der Waals surface area contributed by atoms with Crippen molar-refractivity contribution in [1.29, 1.82) is 0 Å². The zero-order chi connectivity index (χ0) is 8.62. The van der Waals surface area contributed by atoms with E-state index in [2.05, 4.69) is 19.6 Å². The topological polar surface area (TPSA) is 0 Å². The van der Waals surface area contributed by atoms with Crippen molar-refractivity contribution in [1.82, 2.24) is 0 Å². The average Bonchev–Trinajstić information content (AvgIpc) is 1.63. The van der Waals surface area contributed by atoms with Gasteiger partial charge in [0.05, 0.1) is 0 Å². The summed E-state index contributed by atoms with van der Waals surface area (Å²) < 4.78 is 39.0. The molecular weight excluding hydrogens is 167 g/mol. The molecular formula is C4H10BF4S-. The molecule has 0 aliphatic rings. The van der Waals surface area contributed by atoms with Gasteiger partial charge in [0.25, 0.3) is 0 Å². The number of halogens is 4. The summed E-state index contributed by atoms with van der Waals surface area (Å²) in [6, 6.07) is 0. The lowest BCUT2D eigenvalue weighted by Gasteiger charge is -1.94. The molecule has 0 aliphatic carbocycles. The average molecular weight is 177 g/mol. The molecule has 0 amide bonds. The summed E-state index contributed by atoms with van der Waals surface area (Å²) in [5.74, 6) is 1.04. The molecule has 0 atom stereocenters. The van der Waals surface area contributed by atoms with Crippen molar-refractivity contribution >= 4 is 19.9 Å². The summed E-state index contributed by atoms with van der Waals surface area (Å²) in [6.45, 7) is 2.16. The van der Waals surface area contributed by atoms with E-state index in [1.807, 2.05) is 0 Å². The minimum Gasteiger partial charge on any atom is -0.418 e. The molecule has 64 valence electrons. The van der Waals surface area contributed by atoms with Gasteiger partial charge in [-0.25, -0.2) is 0 Å². The number of unbranched alkanes of at least 4 members (excludes halogenated alkanes) is 1. The third-order valence-electron chi connectivity index (χ3n) is 0.512. The zero-order valence-corrected chi connectivity index (χ0v) is 6.55. The first kappa shape index (κ1) is 12.8. The van der Waals surface area contributed by atoms with Crippen LogP contribution in [0.15, 0.2) is 0 Å². The van der Waals surface area contributed by atoms with Crippen LogP contribution in [-0.2, 0) is 0 Å². The van der Waals surface area contributed by atoms with E-state index in [0.29, 0.717) is 0 Å². The normalized spacial score (nSPS) is 10.2. The smallest absolute Gasteiger partial charge is 0.418 e. The van der Waals surface area contributed by atoms with Gasteiger partial charge in [0.2, 0.25) is 0 Å². The van der Waals surface area contributed by atoms with Gasteiger partial charge >= 0.3 is 7.25 Å². The van der Waals surface area contributed by atoms with Crippen LogP contribution in [0.1, 0.15) is 19.8 Å². The highest BCUT2D eigenvalue weighted by Crippen LogP contribution is 2.06. The summed E-state index contributed by atoms with van der Waals surface area (Å²) in [5.41, 5.74) is 0. The van der Waals surface area contributed by atoms with Crippen molar-refractivity contribution in [3.63, 3.8) is 0 Å². The van der Waals surface area contributed by atoms with Gasteiger partial charge in [0.1, 0.15) is 0 Å². The highest BCUT2D eigenvalue weighted by Gasteiger charge is 2.20. The van der Waals surface area contributed by atoms with Crippen molar-refractivity contribution in [3.8, 4) is 0 Å². The molecule has 0 fully saturated rings. The lowest BCUT2D eigenvalue weighted by molar-refractivity contribution is 0.368. The Kier molecular flexibility index (Phi) is 9.26. The van der Waals surface area contributed by atoms with E-state index in [4.69, 9.17) is 0 Å². The van der Waals surface area contributed by atoms with Crippen molar-refractivity contribution in [3.05, 3.63) is 0 Å². The molecule has 0 aliphatic heterocycles. The maximum absolute atomic E-state index is 9.75. The molecule has 0 rings (SSSR count). The van der Waals surface area contributed by atoms with Crippen LogP contribution in [0.5, 0.6) is 0 Å². The van der Waals surface area contributed by atoms with Crippen molar-refractivity contribution in [2.24, 2.45) is 0 Å². The summed E-state index contributed by atoms with van der Waals surface area (Å²) in [4.78, 5) is 0. The van der Waals surface area contributed by atoms with Gasteiger partial charge in [-0.2, -0.15) is 12.6 Å². The molecule has 0 nitrogen and oxygen atoms in total. The van der Waals surface area contributed by atoms with Crippen LogP contribution in [0.2, 0.25) is 0 Å². The minimum absolute atomic E-state index is 1.04. The van der Waals surface area contributed by atoms with Crippen LogP contribution in [0.3, 0.4) is 0 Å². The Labute approximate surface area is 63.5 Å². The Morgan fingerprint density at radius 3 is 1.50 bits per heavy atom. The van der Waals surface area contributed by atoms with Gasteiger partial charge in [-0.1, -0.05) is 13.3 Å². The van der Waals surface area contributed by atoms with Crippen molar-refractivity contribution in [2.75, 3.05) is 5.75 Å². The van der Waals surface area contributed by atoms with Gasteiger partial charge in [0.15, 0.2) is 0 Å². The highest BCUT2D eigenvalue weighted by molar-refractivity contribution is 7.80. The second-order valence-electron chi connectivity index (χ2n) is 1.57. The molecule has 0 bridgehead atoms. The van der Waals surface area contributed by atoms with E-state index in [9.17, 15) is 17.3 Å². The SMILES string of the molecule is CCCCS.F[B-](F)(F)F. The van der Waals surface area contributed by atoms with Crippen LogP contribution in [0.25, 0.3) is 0 Å². The Bertz CT molecular complexity index is 56.8. The molecule has 6 heteroatoms. The minimum atomic E-state index is -6.00. The third-order valence-corrected chi connectivity index (χ3v) is 0.828. The first-order chi connectivity index (χ1) is 4.41. The maximum Gasteiger partial charge on any atom is 0.673 e. The lowest BCUT2D eigenvalue weighted by Crippen LogP contribution is -2.02.